The lowest BCUT2D eigenvalue weighted by molar-refractivity contribution is -0.141. The second-order valence-corrected chi connectivity index (χ2v) is 12.1. The van der Waals surface area contributed by atoms with Gasteiger partial charge in [-0.05, 0) is 53.9 Å². The molecule has 222 valence electrons. The number of aliphatic hydroxyl groups is 2. The molecule has 3 N–H and O–H groups in total. The summed E-state index contributed by atoms with van der Waals surface area (Å²) in [6.45, 7) is 5.93. The van der Waals surface area contributed by atoms with E-state index in [0.717, 1.165) is 5.56 Å². The van der Waals surface area contributed by atoms with Crippen LogP contribution in [0.15, 0.2) is 35.2 Å². The molecule has 1 aliphatic heterocycles. The number of amides is 2. The second-order valence-electron chi connectivity index (χ2n) is 11.3. The van der Waals surface area contributed by atoms with Crippen LogP contribution < -0.4 is 5.32 Å². The summed E-state index contributed by atoms with van der Waals surface area (Å²) in [4.78, 5) is 58.8. The van der Waals surface area contributed by atoms with Crippen LogP contribution in [0.3, 0.4) is 0 Å². The van der Waals surface area contributed by atoms with Crippen molar-refractivity contribution in [3.8, 4) is 11.3 Å². The number of ketones is 1. The Balaban J connectivity index is 1.36. The van der Waals surface area contributed by atoms with E-state index in [1.54, 1.807) is 44.4 Å². The van der Waals surface area contributed by atoms with Gasteiger partial charge in [0.1, 0.15) is 34.5 Å². The Kier molecular flexibility index (Phi) is 7.10. The van der Waals surface area contributed by atoms with Crippen molar-refractivity contribution < 1.29 is 24.6 Å². The second kappa shape index (κ2) is 10.5. The molecule has 1 unspecified atom stereocenters. The smallest absolute Gasteiger partial charge is 0.251 e. The Labute approximate surface area is 254 Å². The number of rotatable bonds is 7. The minimum absolute atomic E-state index is 0.109. The first-order valence-corrected chi connectivity index (χ1v) is 14.5. The van der Waals surface area contributed by atoms with Crippen LogP contribution in [-0.2, 0) is 22.7 Å². The van der Waals surface area contributed by atoms with Crippen LogP contribution in [0.4, 0.5) is 5.82 Å². The molecular formula is C29H29BrN8O5. The van der Waals surface area contributed by atoms with Gasteiger partial charge in [0.2, 0.25) is 5.91 Å². The third-order valence-corrected chi connectivity index (χ3v) is 8.79. The van der Waals surface area contributed by atoms with Crippen molar-refractivity contribution in [2.75, 3.05) is 5.32 Å². The first kappa shape index (κ1) is 29.0. The molecule has 1 aliphatic carbocycles. The molecule has 4 atom stereocenters. The van der Waals surface area contributed by atoms with Gasteiger partial charge in [-0.2, -0.15) is 5.10 Å². The zero-order valence-corrected chi connectivity index (χ0v) is 25.5. The summed E-state index contributed by atoms with van der Waals surface area (Å²) >= 11 is 3.30. The fourth-order valence-electron chi connectivity index (χ4n) is 5.87. The summed E-state index contributed by atoms with van der Waals surface area (Å²) in [5.74, 6) is -0.457. The number of likely N-dealkylation sites (tertiary alicyclic amines) is 1. The van der Waals surface area contributed by atoms with Crippen LogP contribution in [0.25, 0.3) is 22.2 Å². The number of fused-ring (bicyclic) bond motifs is 2. The Hall–Kier alpha value is -4.14. The van der Waals surface area contributed by atoms with Crippen molar-refractivity contribution in [2.45, 2.75) is 65.5 Å². The average Bonchev–Trinajstić information content (AvgIpc) is 3.43. The van der Waals surface area contributed by atoms with Crippen molar-refractivity contribution in [2.24, 2.45) is 5.41 Å². The van der Waals surface area contributed by atoms with Gasteiger partial charge in [-0.25, -0.2) is 19.9 Å². The Morgan fingerprint density at radius 1 is 1.16 bits per heavy atom. The summed E-state index contributed by atoms with van der Waals surface area (Å²) in [5.41, 5.74) is 1.76. The fourth-order valence-corrected chi connectivity index (χ4v) is 6.18. The summed E-state index contributed by atoms with van der Waals surface area (Å²) in [5, 5.41) is 29.1. The molecule has 1 saturated heterocycles. The molecule has 14 heteroatoms. The molecule has 6 rings (SSSR count). The number of piperidine rings is 1. The van der Waals surface area contributed by atoms with Crippen molar-refractivity contribution >= 4 is 50.2 Å². The molecule has 2 fully saturated rings. The normalized spacial score (nSPS) is 22.5. The maximum absolute atomic E-state index is 13.9. The lowest BCUT2D eigenvalue weighted by atomic mass is 9.97. The molecule has 1 saturated carbocycles. The van der Waals surface area contributed by atoms with E-state index in [4.69, 9.17) is 0 Å². The number of carbonyl (C=O) groups excluding carboxylic acids is 3. The van der Waals surface area contributed by atoms with Crippen LogP contribution in [0.5, 0.6) is 0 Å². The van der Waals surface area contributed by atoms with Crippen LogP contribution in [0.1, 0.15) is 47.8 Å². The van der Waals surface area contributed by atoms with E-state index in [0.29, 0.717) is 44.8 Å². The molecule has 2 amide bonds. The van der Waals surface area contributed by atoms with Gasteiger partial charge in [0.05, 0.1) is 29.6 Å². The Morgan fingerprint density at radius 2 is 1.88 bits per heavy atom. The minimum Gasteiger partial charge on any atom is -0.390 e. The van der Waals surface area contributed by atoms with Crippen LogP contribution in [0.2, 0.25) is 0 Å². The molecular weight excluding hydrogens is 620 g/mol. The van der Waals surface area contributed by atoms with Gasteiger partial charge in [-0.1, -0.05) is 13.0 Å². The highest BCUT2D eigenvalue weighted by Gasteiger charge is 2.70. The van der Waals surface area contributed by atoms with Crippen molar-refractivity contribution in [3.05, 3.63) is 58.0 Å². The van der Waals surface area contributed by atoms with Gasteiger partial charge in [0, 0.05) is 41.7 Å². The van der Waals surface area contributed by atoms with E-state index in [2.05, 4.69) is 46.3 Å². The highest BCUT2D eigenvalue weighted by Crippen LogP contribution is 2.59. The Morgan fingerprint density at radius 3 is 2.56 bits per heavy atom. The van der Waals surface area contributed by atoms with E-state index in [9.17, 15) is 24.6 Å². The number of hydrogen-bond acceptors (Lipinski definition) is 10. The zero-order chi connectivity index (χ0) is 30.8. The topological polar surface area (TPSA) is 176 Å². The molecule has 0 bridgehead atoms. The first-order chi connectivity index (χ1) is 20.4. The quantitative estimate of drug-likeness (QED) is 0.199. The van der Waals surface area contributed by atoms with Gasteiger partial charge in [0.25, 0.3) is 5.91 Å². The maximum Gasteiger partial charge on any atom is 0.251 e. The molecule has 4 aromatic rings. The molecule has 43 heavy (non-hydrogen) atoms. The monoisotopic (exact) mass is 648 g/mol. The number of aromatic nitrogens is 6. The van der Waals surface area contributed by atoms with E-state index in [1.807, 2.05) is 6.92 Å². The average molecular weight is 650 g/mol. The lowest BCUT2D eigenvalue weighted by Gasteiger charge is -2.29. The number of aryl methyl sites for hydroxylation is 2. The summed E-state index contributed by atoms with van der Waals surface area (Å²) in [6, 6.07) is 3.69. The first-order valence-electron chi connectivity index (χ1n) is 13.7. The predicted molar refractivity (Wildman–Crippen MR) is 158 cm³/mol. The maximum atomic E-state index is 13.9. The number of pyridine rings is 2. The predicted octanol–water partition coefficient (Wildman–Crippen LogP) is 2.35. The molecule has 0 spiro atoms. The Bertz CT molecular complexity index is 1810. The summed E-state index contributed by atoms with van der Waals surface area (Å²) in [7, 11) is 0. The van der Waals surface area contributed by atoms with E-state index >= 15 is 0 Å². The third kappa shape index (κ3) is 4.88. The molecule has 0 radical (unpaired) electrons. The molecule has 2 aliphatic rings. The van der Waals surface area contributed by atoms with E-state index in [-0.39, 0.29) is 29.8 Å². The number of nitrogens with one attached hydrogen (secondary N) is 1. The molecule has 5 heterocycles. The van der Waals surface area contributed by atoms with Crippen LogP contribution in [-0.4, -0.2) is 80.6 Å². The van der Waals surface area contributed by atoms with Crippen LogP contribution >= 0.6 is 15.9 Å². The zero-order valence-electron chi connectivity index (χ0n) is 23.9. The minimum atomic E-state index is -1.16. The number of aliphatic hydroxyl groups excluding tert-OH is 2. The van der Waals surface area contributed by atoms with E-state index in [1.165, 1.54) is 16.5 Å². The van der Waals surface area contributed by atoms with E-state index < -0.39 is 36.0 Å². The standard InChI is InChI=1S/C29H29BrN8O5/c1-13-5-6-21(30)34-27(13)35-28(43)25-26(42)29(4)8-20(29)38(25)22(41)11-37-24-17(23(36-37)14(2)40)7-18(33-19(24)12-39)16-9-31-15(3)32-10-16/h5-7,9-10,20,25-26,39,42H,8,11-12H2,1-4H3,(H,34,35,43)/t20-,25+,26?,29+/m1/s1. The molecule has 0 aromatic carbocycles. The number of Topliss-reactive ketones (excluding diaryl/α,β-unsaturated/α-hetero) is 1. The summed E-state index contributed by atoms with van der Waals surface area (Å²) in [6.07, 6.45) is 2.65. The SMILES string of the molecule is CC(=O)c1nn(CC(=O)N2[C@H](C(=O)Nc3nc(Br)ccc3C)C(O)[C@@]3(C)C[C@@H]23)c2c(CO)nc(-c3cnc(C)nc3)cc12. The third-order valence-electron chi connectivity index (χ3n) is 8.35. The summed E-state index contributed by atoms with van der Waals surface area (Å²) < 4.78 is 1.86. The van der Waals surface area contributed by atoms with Crippen molar-refractivity contribution in [1.29, 1.82) is 0 Å². The number of nitrogens with zero attached hydrogens (tertiary/aromatic N) is 7. The molecule has 13 nitrogen and oxygen atoms in total. The number of anilines is 1. The van der Waals surface area contributed by atoms with Crippen LogP contribution in [0, 0.1) is 19.3 Å². The number of halogens is 1. The van der Waals surface area contributed by atoms with Crippen molar-refractivity contribution in [3.63, 3.8) is 0 Å². The molecule has 4 aromatic heterocycles. The highest BCUT2D eigenvalue weighted by molar-refractivity contribution is 9.10. The fraction of sp³-hybridized carbons (Fsp3) is 0.379. The lowest BCUT2D eigenvalue weighted by Crippen LogP contribution is -2.51. The number of carbonyl (C=O) groups is 3. The number of hydrogen-bond donors (Lipinski definition) is 3. The van der Waals surface area contributed by atoms with Gasteiger partial charge in [-0.15, -0.1) is 0 Å². The van der Waals surface area contributed by atoms with Gasteiger partial charge < -0.3 is 20.4 Å². The van der Waals surface area contributed by atoms with Gasteiger partial charge in [-0.3, -0.25) is 19.1 Å². The van der Waals surface area contributed by atoms with Crippen molar-refractivity contribution in [1.82, 2.24) is 34.6 Å². The largest absolute Gasteiger partial charge is 0.390 e. The van der Waals surface area contributed by atoms with Gasteiger partial charge in [0.15, 0.2) is 5.78 Å². The highest BCUT2D eigenvalue weighted by atomic mass is 79.9. The van der Waals surface area contributed by atoms with Gasteiger partial charge >= 0.3 is 0 Å².